The van der Waals surface area contributed by atoms with Crippen LogP contribution in [0.4, 0.5) is 0 Å². The largest absolute Gasteiger partial charge is 0.490 e. The Kier molecular flexibility index (Phi) is 4.00. The molecule has 0 radical (unpaired) electrons. The molecule has 96 valence electrons. The molecule has 0 saturated carbocycles. The number of thioether (sulfide) groups is 1. The van der Waals surface area contributed by atoms with Crippen molar-refractivity contribution in [2.75, 3.05) is 19.0 Å². The topological polar surface area (TPSA) is 68.3 Å². The highest BCUT2D eigenvalue weighted by Gasteiger charge is 2.18. The minimum atomic E-state index is -0.811. The molecule has 18 heavy (non-hydrogen) atoms. The van der Waals surface area contributed by atoms with Crippen LogP contribution in [0.5, 0.6) is 11.5 Å². The third-order valence-corrected chi connectivity index (χ3v) is 3.84. The molecule has 0 fully saturated rings. The number of hydrogen-bond acceptors (Lipinski definition) is 5. The summed E-state index contributed by atoms with van der Waals surface area (Å²) in [5, 5.41) is 8.87. The van der Waals surface area contributed by atoms with Gasteiger partial charge < -0.3 is 15.2 Å². The molecule has 5 heteroatoms. The standard InChI is InChI=1S/C13H16N2O2S/c1-13(15,8-14)9-18-10-3-4-11-12(7-10)17-6-2-5-16-11/h3-4,7H,2,5-6,9,15H2,1H3. The van der Waals surface area contributed by atoms with Crippen molar-refractivity contribution in [3.05, 3.63) is 18.2 Å². The maximum absolute atomic E-state index is 8.87. The zero-order valence-electron chi connectivity index (χ0n) is 10.3. The molecule has 0 aliphatic carbocycles. The Balaban J connectivity index is 2.07. The van der Waals surface area contributed by atoms with E-state index in [-0.39, 0.29) is 0 Å². The van der Waals surface area contributed by atoms with Crippen molar-refractivity contribution in [3.63, 3.8) is 0 Å². The molecule has 0 bridgehead atoms. The number of nitrogens with two attached hydrogens (primary N) is 1. The fourth-order valence-electron chi connectivity index (χ4n) is 1.50. The van der Waals surface area contributed by atoms with Crippen LogP contribution in [-0.4, -0.2) is 24.5 Å². The van der Waals surface area contributed by atoms with Crippen LogP contribution in [0.2, 0.25) is 0 Å². The lowest BCUT2D eigenvalue weighted by atomic mass is 10.1. The second kappa shape index (κ2) is 5.51. The lowest BCUT2D eigenvalue weighted by molar-refractivity contribution is 0.297. The van der Waals surface area contributed by atoms with Gasteiger partial charge in [0.05, 0.1) is 19.3 Å². The average Bonchev–Trinajstić information content (AvgIpc) is 2.61. The predicted octanol–water partition coefficient (Wildman–Crippen LogP) is 2.18. The monoisotopic (exact) mass is 264 g/mol. The van der Waals surface area contributed by atoms with Gasteiger partial charge >= 0.3 is 0 Å². The van der Waals surface area contributed by atoms with Gasteiger partial charge in [-0.2, -0.15) is 5.26 Å². The van der Waals surface area contributed by atoms with Gasteiger partial charge in [0.25, 0.3) is 0 Å². The molecule has 1 unspecified atom stereocenters. The zero-order chi connectivity index (χ0) is 13.0. The van der Waals surface area contributed by atoms with Crippen LogP contribution >= 0.6 is 11.8 Å². The van der Waals surface area contributed by atoms with E-state index in [0.29, 0.717) is 19.0 Å². The zero-order valence-corrected chi connectivity index (χ0v) is 11.1. The number of nitrogens with zero attached hydrogens (tertiary/aromatic N) is 1. The Morgan fingerprint density at radius 1 is 1.39 bits per heavy atom. The summed E-state index contributed by atoms with van der Waals surface area (Å²) in [5.41, 5.74) is 4.98. The van der Waals surface area contributed by atoms with E-state index < -0.39 is 5.54 Å². The smallest absolute Gasteiger partial charge is 0.162 e. The van der Waals surface area contributed by atoms with Gasteiger partial charge in [0.2, 0.25) is 0 Å². The van der Waals surface area contributed by atoms with Crippen LogP contribution in [0.3, 0.4) is 0 Å². The lowest BCUT2D eigenvalue weighted by Gasteiger charge is -2.15. The van der Waals surface area contributed by atoms with Crippen molar-refractivity contribution >= 4 is 11.8 Å². The van der Waals surface area contributed by atoms with E-state index in [9.17, 15) is 0 Å². The fraction of sp³-hybridized carbons (Fsp3) is 0.462. The van der Waals surface area contributed by atoms with Crippen LogP contribution in [0, 0.1) is 11.3 Å². The summed E-state index contributed by atoms with van der Waals surface area (Å²) >= 11 is 1.55. The number of ether oxygens (including phenoxy) is 2. The van der Waals surface area contributed by atoms with E-state index >= 15 is 0 Å². The molecule has 1 aliphatic heterocycles. The van der Waals surface area contributed by atoms with Gasteiger partial charge in [-0.1, -0.05) is 0 Å². The molecule has 1 atom stereocenters. The summed E-state index contributed by atoms with van der Waals surface area (Å²) in [6, 6.07) is 7.90. The van der Waals surface area contributed by atoms with E-state index in [0.717, 1.165) is 22.8 Å². The molecular formula is C13H16N2O2S. The van der Waals surface area contributed by atoms with Crippen molar-refractivity contribution in [1.29, 1.82) is 5.26 Å². The molecule has 0 saturated heterocycles. The third-order valence-electron chi connectivity index (χ3n) is 2.51. The number of fused-ring (bicyclic) bond motifs is 1. The molecule has 4 nitrogen and oxygen atoms in total. The van der Waals surface area contributed by atoms with Gasteiger partial charge in [0, 0.05) is 17.1 Å². The summed E-state index contributed by atoms with van der Waals surface area (Å²) in [7, 11) is 0. The highest BCUT2D eigenvalue weighted by atomic mass is 32.2. The van der Waals surface area contributed by atoms with E-state index in [1.165, 1.54) is 0 Å². The summed E-state index contributed by atoms with van der Waals surface area (Å²) in [5.74, 6) is 2.10. The second-order valence-electron chi connectivity index (χ2n) is 4.48. The third kappa shape index (κ3) is 3.31. The Bertz CT molecular complexity index is 469. The van der Waals surface area contributed by atoms with Crippen LogP contribution in [-0.2, 0) is 0 Å². The van der Waals surface area contributed by atoms with Crippen molar-refractivity contribution in [2.45, 2.75) is 23.8 Å². The van der Waals surface area contributed by atoms with Gasteiger partial charge in [0.1, 0.15) is 5.54 Å². The quantitative estimate of drug-likeness (QED) is 0.847. The summed E-state index contributed by atoms with van der Waals surface area (Å²) in [6.45, 7) is 3.09. The summed E-state index contributed by atoms with van der Waals surface area (Å²) < 4.78 is 11.2. The SMILES string of the molecule is CC(N)(C#N)CSc1ccc2c(c1)OCCCO2. The van der Waals surface area contributed by atoms with Gasteiger partial charge in [-0.05, 0) is 25.1 Å². The molecule has 1 aliphatic rings. The highest BCUT2D eigenvalue weighted by molar-refractivity contribution is 7.99. The van der Waals surface area contributed by atoms with Crippen molar-refractivity contribution in [2.24, 2.45) is 5.73 Å². The van der Waals surface area contributed by atoms with Crippen molar-refractivity contribution in [1.82, 2.24) is 0 Å². The van der Waals surface area contributed by atoms with Gasteiger partial charge in [0.15, 0.2) is 11.5 Å². The molecular weight excluding hydrogens is 248 g/mol. The number of nitriles is 1. The maximum atomic E-state index is 8.87. The first kappa shape index (κ1) is 13.1. The molecule has 1 aromatic rings. The molecule has 2 rings (SSSR count). The molecule has 2 N–H and O–H groups in total. The first-order valence-corrected chi connectivity index (χ1v) is 6.82. The van der Waals surface area contributed by atoms with Crippen LogP contribution in [0.25, 0.3) is 0 Å². The molecule has 1 aromatic carbocycles. The van der Waals surface area contributed by atoms with Gasteiger partial charge in [-0.25, -0.2) is 0 Å². The lowest BCUT2D eigenvalue weighted by Crippen LogP contribution is -2.36. The van der Waals surface area contributed by atoms with Crippen LogP contribution < -0.4 is 15.2 Å². The van der Waals surface area contributed by atoms with Crippen LogP contribution in [0.1, 0.15) is 13.3 Å². The summed E-state index contributed by atoms with van der Waals surface area (Å²) in [4.78, 5) is 1.03. The molecule has 1 heterocycles. The normalized spacial score (nSPS) is 17.4. The van der Waals surface area contributed by atoms with E-state index in [4.69, 9.17) is 20.5 Å². The fourth-order valence-corrected chi connectivity index (χ4v) is 2.38. The first-order valence-electron chi connectivity index (χ1n) is 5.83. The predicted molar refractivity (Wildman–Crippen MR) is 71.0 cm³/mol. The van der Waals surface area contributed by atoms with Gasteiger partial charge in [-0.15, -0.1) is 11.8 Å². The number of hydrogen-bond donors (Lipinski definition) is 1. The first-order chi connectivity index (χ1) is 8.61. The number of benzene rings is 1. The van der Waals surface area contributed by atoms with E-state index in [1.54, 1.807) is 18.7 Å². The molecule has 0 aromatic heterocycles. The molecule has 0 amide bonds. The van der Waals surface area contributed by atoms with E-state index in [1.807, 2.05) is 18.2 Å². The summed E-state index contributed by atoms with van der Waals surface area (Å²) in [6.07, 6.45) is 0.895. The molecule has 0 spiro atoms. The highest BCUT2D eigenvalue weighted by Crippen LogP contribution is 2.34. The van der Waals surface area contributed by atoms with Crippen LogP contribution in [0.15, 0.2) is 23.1 Å². The Labute approximate surface area is 111 Å². The Morgan fingerprint density at radius 2 is 2.11 bits per heavy atom. The minimum Gasteiger partial charge on any atom is -0.490 e. The van der Waals surface area contributed by atoms with Gasteiger partial charge in [-0.3, -0.25) is 0 Å². The van der Waals surface area contributed by atoms with Crippen molar-refractivity contribution < 1.29 is 9.47 Å². The Morgan fingerprint density at radius 3 is 2.83 bits per heavy atom. The average molecular weight is 264 g/mol. The Hall–Kier alpha value is -1.38. The second-order valence-corrected chi connectivity index (χ2v) is 5.53. The van der Waals surface area contributed by atoms with Crippen molar-refractivity contribution in [3.8, 4) is 17.6 Å². The van der Waals surface area contributed by atoms with E-state index in [2.05, 4.69) is 6.07 Å². The number of rotatable bonds is 3. The maximum Gasteiger partial charge on any atom is 0.162 e. The minimum absolute atomic E-state index is 0.545.